The highest BCUT2D eigenvalue weighted by atomic mass is 16.6. The zero-order valence-electron chi connectivity index (χ0n) is 5.87. The van der Waals surface area contributed by atoms with Gasteiger partial charge in [-0.2, -0.15) is 0 Å². The van der Waals surface area contributed by atoms with Crippen molar-refractivity contribution in [1.82, 2.24) is 0 Å². The van der Waals surface area contributed by atoms with E-state index < -0.39 is 0 Å². The molecule has 3 nitrogen and oxygen atoms in total. The molecule has 0 aromatic rings. The lowest BCUT2D eigenvalue weighted by Crippen LogP contribution is -2.12. The van der Waals surface area contributed by atoms with Crippen molar-refractivity contribution in [3.8, 4) is 0 Å². The van der Waals surface area contributed by atoms with Gasteiger partial charge in [0.05, 0.1) is 6.10 Å². The Kier molecular flexibility index (Phi) is 2.06. The maximum atomic E-state index is 10.8. The highest BCUT2D eigenvalue weighted by Gasteiger charge is 2.42. The molecule has 1 heterocycles. The van der Waals surface area contributed by atoms with E-state index in [1.165, 1.54) is 6.08 Å². The van der Waals surface area contributed by atoms with Gasteiger partial charge >= 0.3 is 5.97 Å². The van der Waals surface area contributed by atoms with E-state index in [1.54, 1.807) is 0 Å². The molecular weight excluding hydrogens is 132 g/mol. The van der Waals surface area contributed by atoms with Gasteiger partial charge < -0.3 is 9.47 Å². The van der Waals surface area contributed by atoms with E-state index in [0.717, 1.165) is 0 Å². The SMILES string of the molecule is C=CCOC(=O)C1OC1C. The van der Waals surface area contributed by atoms with E-state index in [4.69, 9.17) is 9.47 Å². The molecule has 0 radical (unpaired) electrons. The quantitative estimate of drug-likeness (QED) is 0.327. The summed E-state index contributed by atoms with van der Waals surface area (Å²) in [5.41, 5.74) is 0. The van der Waals surface area contributed by atoms with E-state index in [1.807, 2.05) is 6.92 Å². The number of rotatable bonds is 3. The Hall–Kier alpha value is -0.830. The average molecular weight is 142 g/mol. The van der Waals surface area contributed by atoms with Crippen LogP contribution in [0, 0.1) is 0 Å². The van der Waals surface area contributed by atoms with E-state index in [9.17, 15) is 4.79 Å². The molecule has 0 aromatic carbocycles. The number of carbonyl (C=O) groups is 1. The molecule has 2 atom stereocenters. The first-order valence-electron chi connectivity index (χ1n) is 3.18. The molecule has 1 rings (SSSR count). The lowest BCUT2D eigenvalue weighted by molar-refractivity contribution is -0.143. The highest BCUT2D eigenvalue weighted by molar-refractivity contribution is 5.77. The number of carbonyl (C=O) groups excluding carboxylic acids is 1. The van der Waals surface area contributed by atoms with Crippen molar-refractivity contribution in [2.24, 2.45) is 0 Å². The minimum Gasteiger partial charge on any atom is -0.459 e. The number of hydrogen-bond acceptors (Lipinski definition) is 3. The predicted octanol–water partition coefficient (Wildman–Crippen LogP) is 0.503. The molecule has 1 fully saturated rings. The maximum Gasteiger partial charge on any atom is 0.338 e. The molecule has 0 spiro atoms. The lowest BCUT2D eigenvalue weighted by atomic mass is 10.3. The largest absolute Gasteiger partial charge is 0.459 e. The van der Waals surface area contributed by atoms with Crippen LogP contribution in [0.2, 0.25) is 0 Å². The molecule has 0 aromatic heterocycles. The number of epoxide rings is 1. The van der Waals surface area contributed by atoms with Crippen LogP contribution < -0.4 is 0 Å². The Labute approximate surface area is 59.6 Å². The zero-order valence-corrected chi connectivity index (χ0v) is 5.87. The maximum absolute atomic E-state index is 10.8. The van der Waals surface area contributed by atoms with E-state index in [0.29, 0.717) is 0 Å². The normalized spacial score (nSPS) is 29.3. The summed E-state index contributed by atoms with van der Waals surface area (Å²) in [6.07, 6.45) is 1.25. The second-order valence-electron chi connectivity index (χ2n) is 2.18. The van der Waals surface area contributed by atoms with Crippen molar-refractivity contribution in [2.45, 2.75) is 19.1 Å². The monoisotopic (exact) mass is 142 g/mol. The third kappa shape index (κ3) is 1.57. The van der Waals surface area contributed by atoms with Gasteiger partial charge in [-0.1, -0.05) is 12.7 Å². The van der Waals surface area contributed by atoms with Gasteiger partial charge in [-0.15, -0.1) is 0 Å². The molecule has 10 heavy (non-hydrogen) atoms. The molecule has 3 heteroatoms. The van der Waals surface area contributed by atoms with Gasteiger partial charge in [-0.25, -0.2) is 4.79 Å². The van der Waals surface area contributed by atoms with Crippen molar-refractivity contribution < 1.29 is 14.3 Å². The standard InChI is InChI=1S/C7H10O3/c1-3-4-9-7(8)6-5(2)10-6/h3,5-6H,1,4H2,2H3. The van der Waals surface area contributed by atoms with Crippen molar-refractivity contribution in [3.63, 3.8) is 0 Å². The third-order valence-electron chi connectivity index (χ3n) is 1.29. The fraction of sp³-hybridized carbons (Fsp3) is 0.571. The van der Waals surface area contributed by atoms with Crippen molar-refractivity contribution in [3.05, 3.63) is 12.7 Å². The third-order valence-corrected chi connectivity index (χ3v) is 1.29. The molecule has 0 amide bonds. The van der Waals surface area contributed by atoms with Crippen molar-refractivity contribution >= 4 is 5.97 Å². The molecule has 56 valence electrons. The van der Waals surface area contributed by atoms with E-state index in [2.05, 4.69) is 6.58 Å². The molecule has 0 bridgehead atoms. The van der Waals surface area contributed by atoms with Crippen molar-refractivity contribution in [1.29, 1.82) is 0 Å². The van der Waals surface area contributed by atoms with Crippen LogP contribution in [0.25, 0.3) is 0 Å². The molecule has 0 aliphatic carbocycles. The van der Waals surface area contributed by atoms with Crippen LogP contribution in [0.15, 0.2) is 12.7 Å². The number of ether oxygens (including phenoxy) is 2. The molecule has 1 aliphatic heterocycles. The summed E-state index contributed by atoms with van der Waals surface area (Å²) in [5, 5.41) is 0. The van der Waals surface area contributed by atoms with Crippen LogP contribution in [0.1, 0.15) is 6.92 Å². The van der Waals surface area contributed by atoms with Gasteiger partial charge in [-0.3, -0.25) is 0 Å². The number of hydrogen-bond donors (Lipinski definition) is 0. The summed E-state index contributed by atoms with van der Waals surface area (Å²) in [6.45, 7) is 5.52. The molecule has 0 saturated carbocycles. The van der Waals surface area contributed by atoms with Gasteiger partial charge in [-0.05, 0) is 6.92 Å². The fourth-order valence-corrected chi connectivity index (χ4v) is 0.656. The van der Waals surface area contributed by atoms with E-state index >= 15 is 0 Å². The van der Waals surface area contributed by atoms with Crippen LogP contribution >= 0.6 is 0 Å². The Bertz CT molecular complexity index is 153. The summed E-state index contributed by atoms with van der Waals surface area (Å²) in [4.78, 5) is 10.8. The number of esters is 1. The van der Waals surface area contributed by atoms with Gasteiger partial charge in [0, 0.05) is 0 Å². The first-order chi connectivity index (χ1) is 4.75. The fourth-order valence-electron chi connectivity index (χ4n) is 0.656. The van der Waals surface area contributed by atoms with Gasteiger partial charge in [0.2, 0.25) is 0 Å². The second-order valence-corrected chi connectivity index (χ2v) is 2.18. The smallest absolute Gasteiger partial charge is 0.338 e. The molecule has 1 saturated heterocycles. The predicted molar refractivity (Wildman–Crippen MR) is 35.5 cm³/mol. The Balaban J connectivity index is 2.16. The van der Waals surface area contributed by atoms with Crippen LogP contribution in [-0.4, -0.2) is 24.8 Å². The highest BCUT2D eigenvalue weighted by Crippen LogP contribution is 2.21. The Morgan fingerprint density at radius 3 is 2.90 bits per heavy atom. The summed E-state index contributed by atoms with van der Waals surface area (Å²) >= 11 is 0. The summed E-state index contributed by atoms with van der Waals surface area (Å²) in [5.74, 6) is -0.285. The van der Waals surface area contributed by atoms with Crippen LogP contribution in [-0.2, 0) is 14.3 Å². The van der Waals surface area contributed by atoms with Crippen LogP contribution in [0.3, 0.4) is 0 Å². The summed E-state index contributed by atoms with van der Waals surface area (Å²) < 4.78 is 9.57. The minimum absolute atomic E-state index is 0.0392. The van der Waals surface area contributed by atoms with Gasteiger partial charge in [0.15, 0.2) is 6.10 Å². The molecular formula is C7H10O3. The first kappa shape index (κ1) is 7.28. The van der Waals surface area contributed by atoms with Crippen LogP contribution in [0.4, 0.5) is 0 Å². The molecule has 1 aliphatic rings. The van der Waals surface area contributed by atoms with Gasteiger partial charge in [0.1, 0.15) is 6.61 Å². The zero-order chi connectivity index (χ0) is 7.56. The summed E-state index contributed by atoms with van der Waals surface area (Å²) in [6, 6.07) is 0. The summed E-state index contributed by atoms with van der Waals surface area (Å²) in [7, 11) is 0. The topological polar surface area (TPSA) is 38.8 Å². The average Bonchev–Trinajstić information content (AvgIpc) is 2.62. The Morgan fingerprint density at radius 1 is 1.90 bits per heavy atom. The first-order valence-corrected chi connectivity index (χ1v) is 3.18. The lowest BCUT2D eigenvalue weighted by Gasteiger charge is -1.95. The van der Waals surface area contributed by atoms with E-state index in [-0.39, 0.29) is 24.8 Å². The molecule has 0 N–H and O–H groups in total. The van der Waals surface area contributed by atoms with Crippen molar-refractivity contribution in [2.75, 3.05) is 6.61 Å². The van der Waals surface area contributed by atoms with Gasteiger partial charge in [0.25, 0.3) is 0 Å². The minimum atomic E-state index is -0.319. The Morgan fingerprint density at radius 2 is 2.50 bits per heavy atom. The molecule has 2 unspecified atom stereocenters. The second kappa shape index (κ2) is 2.84. The van der Waals surface area contributed by atoms with Crippen LogP contribution in [0.5, 0.6) is 0 Å².